The van der Waals surface area contributed by atoms with Crippen LogP contribution in [0, 0.1) is 6.92 Å². The van der Waals surface area contributed by atoms with E-state index in [1.54, 1.807) is 0 Å². The van der Waals surface area contributed by atoms with Crippen molar-refractivity contribution in [3.8, 4) is 0 Å². The van der Waals surface area contributed by atoms with Crippen LogP contribution in [0.1, 0.15) is 50.7 Å². The number of carbonyl (C=O) groups is 1. The van der Waals surface area contributed by atoms with Gasteiger partial charge in [0.1, 0.15) is 5.60 Å². The minimum absolute atomic E-state index is 0.126. The second kappa shape index (κ2) is 10.7. The first-order chi connectivity index (χ1) is 13.8. The van der Waals surface area contributed by atoms with Crippen LogP contribution >= 0.6 is 0 Å². The zero-order valence-electron chi connectivity index (χ0n) is 18.1. The average Bonchev–Trinajstić information content (AvgIpc) is 2.67. The van der Waals surface area contributed by atoms with Crippen molar-refractivity contribution < 1.29 is 9.53 Å². The Hall–Kier alpha value is -2.73. The van der Waals surface area contributed by atoms with E-state index >= 15 is 0 Å². The van der Waals surface area contributed by atoms with E-state index in [0.717, 1.165) is 11.4 Å². The van der Waals surface area contributed by atoms with Gasteiger partial charge in [-0.05, 0) is 58.4 Å². The molecule has 0 saturated heterocycles. The van der Waals surface area contributed by atoms with Crippen LogP contribution in [0.25, 0.3) is 0 Å². The summed E-state index contributed by atoms with van der Waals surface area (Å²) in [5.41, 5.74) is 2.74. The first-order valence-corrected chi connectivity index (χ1v) is 9.93. The Kier molecular flexibility index (Phi) is 8.34. The molecule has 156 valence electrons. The van der Waals surface area contributed by atoms with E-state index in [2.05, 4.69) is 46.2 Å². The number of hydrogen-bond acceptors (Lipinski definition) is 5. The van der Waals surface area contributed by atoms with Gasteiger partial charge in [0.25, 0.3) is 0 Å². The van der Waals surface area contributed by atoms with Gasteiger partial charge in [0, 0.05) is 38.1 Å². The van der Waals surface area contributed by atoms with Crippen molar-refractivity contribution in [3.63, 3.8) is 0 Å². The van der Waals surface area contributed by atoms with Crippen molar-refractivity contribution in [2.75, 3.05) is 13.1 Å². The third-order valence-electron chi connectivity index (χ3n) is 4.40. The fraction of sp³-hybridized carbons (Fsp3) is 0.435. The van der Waals surface area contributed by atoms with E-state index in [1.807, 2.05) is 63.5 Å². The molecular weight excluding hydrogens is 364 g/mol. The molecule has 1 amide bonds. The van der Waals surface area contributed by atoms with Crippen LogP contribution in [0.2, 0.25) is 0 Å². The summed E-state index contributed by atoms with van der Waals surface area (Å²) in [4.78, 5) is 23.1. The van der Waals surface area contributed by atoms with Crippen molar-refractivity contribution >= 4 is 6.09 Å². The highest BCUT2D eigenvalue weighted by molar-refractivity contribution is 5.67. The molecule has 6 heteroatoms. The molecule has 0 aromatic carbocycles. The summed E-state index contributed by atoms with van der Waals surface area (Å²) in [6.45, 7) is 11.6. The van der Waals surface area contributed by atoms with Crippen LogP contribution in [-0.4, -0.2) is 39.7 Å². The quantitative estimate of drug-likeness (QED) is 0.669. The molecule has 2 rings (SSSR count). The standard InChI is InChI=1S/C23H32N4O2/c1-18-11-10-15-25-21(18)17-27(19(2)20-12-6-7-13-24-20)16-9-8-14-26-22(28)29-23(3,4)5/h6-13,15,19H,14,16-17H2,1-5H3,(H,26,28). The topological polar surface area (TPSA) is 67.4 Å². The van der Waals surface area contributed by atoms with Gasteiger partial charge < -0.3 is 10.1 Å². The molecule has 0 aliphatic carbocycles. The van der Waals surface area contributed by atoms with E-state index in [4.69, 9.17) is 4.74 Å². The molecular formula is C23H32N4O2. The van der Waals surface area contributed by atoms with Gasteiger partial charge in [-0.25, -0.2) is 4.79 Å². The van der Waals surface area contributed by atoms with E-state index in [0.29, 0.717) is 19.6 Å². The fourth-order valence-corrected chi connectivity index (χ4v) is 2.80. The lowest BCUT2D eigenvalue weighted by atomic mass is 10.1. The average molecular weight is 397 g/mol. The number of nitrogens with one attached hydrogen (secondary N) is 1. The fourth-order valence-electron chi connectivity index (χ4n) is 2.80. The van der Waals surface area contributed by atoms with Gasteiger partial charge in [0.05, 0.1) is 11.4 Å². The molecule has 29 heavy (non-hydrogen) atoms. The first-order valence-electron chi connectivity index (χ1n) is 9.93. The molecule has 2 heterocycles. The third-order valence-corrected chi connectivity index (χ3v) is 4.40. The number of ether oxygens (including phenoxy) is 1. The first kappa shape index (κ1) is 22.6. The highest BCUT2D eigenvalue weighted by atomic mass is 16.6. The van der Waals surface area contributed by atoms with Gasteiger partial charge in [-0.3, -0.25) is 14.9 Å². The van der Waals surface area contributed by atoms with Crippen LogP contribution in [0.5, 0.6) is 0 Å². The molecule has 0 bridgehead atoms. The molecule has 2 aromatic rings. The number of aryl methyl sites for hydroxylation is 1. The number of pyridine rings is 2. The lowest BCUT2D eigenvalue weighted by molar-refractivity contribution is 0.0534. The van der Waals surface area contributed by atoms with Gasteiger partial charge in [0.15, 0.2) is 0 Å². The maximum absolute atomic E-state index is 11.7. The zero-order valence-corrected chi connectivity index (χ0v) is 18.1. The Morgan fingerprint density at radius 2 is 1.93 bits per heavy atom. The second-order valence-corrected chi connectivity index (χ2v) is 7.98. The molecule has 0 aliphatic rings. The predicted octanol–water partition coefficient (Wildman–Crippen LogP) is 4.43. The monoisotopic (exact) mass is 396 g/mol. The Labute approximate surface area is 174 Å². The van der Waals surface area contributed by atoms with Crippen molar-refractivity contribution in [2.24, 2.45) is 0 Å². The third kappa shape index (κ3) is 8.03. The summed E-state index contributed by atoms with van der Waals surface area (Å²) in [7, 11) is 0. The zero-order chi connectivity index (χ0) is 21.3. The number of rotatable bonds is 8. The van der Waals surface area contributed by atoms with Crippen molar-refractivity contribution in [3.05, 3.63) is 71.8 Å². The van der Waals surface area contributed by atoms with Crippen molar-refractivity contribution in [2.45, 2.75) is 52.8 Å². The number of hydrogen-bond donors (Lipinski definition) is 1. The SMILES string of the molecule is Cc1cccnc1CN(CC=CCNC(=O)OC(C)(C)C)C(C)c1ccccn1. The number of nitrogens with zero attached hydrogens (tertiary/aromatic N) is 3. The Balaban J connectivity index is 2.00. The minimum atomic E-state index is -0.497. The Bertz CT molecular complexity index is 800. The van der Waals surface area contributed by atoms with Crippen molar-refractivity contribution in [1.82, 2.24) is 20.2 Å². The highest BCUT2D eigenvalue weighted by Crippen LogP contribution is 2.21. The predicted molar refractivity (Wildman–Crippen MR) is 115 cm³/mol. The maximum Gasteiger partial charge on any atom is 0.407 e. The maximum atomic E-state index is 11.7. The lowest BCUT2D eigenvalue weighted by Gasteiger charge is -2.28. The van der Waals surface area contributed by atoms with E-state index in [9.17, 15) is 4.79 Å². The molecule has 0 aliphatic heterocycles. The van der Waals surface area contributed by atoms with Crippen LogP contribution in [0.4, 0.5) is 4.79 Å². The Morgan fingerprint density at radius 3 is 2.59 bits per heavy atom. The van der Waals surface area contributed by atoms with Gasteiger partial charge in [-0.2, -0.15) is 0 Å². The largest absolute Gasteiger partial charge is 0.444 e. The molecule has 6 nitrogen and oxygen atoms in total. The van der Waals surface area contributed by atoms with Crippen LogP contribution in [0.15, 0.2) is 54.9 Å². The normalized spacial score (nSPS) is 12.9. The van der Waals surface area contributed by atoms with Gasteiger partial charge in [-0.15, -0.1) is 0 Å². The number of alkyl carbamates (subject to hydrolysis) is 1. The van der Waals surface area contributed by atoms with Crippen LogP contribution in [0.3, 0.4) is 0 Å². The Morgan fingerprint density at radius 1 is 1.17 bits per heavy atom. The summed E-state index contributed by atoms with van der Waals surface area (Å²) >= 11 is 0. The number of aromatic nitrogens is 2. The smallest absolute Gasteiger partial charge is 0.407 e. The molecule has 0 fully saturated rings. The van der Waals surface area contributed by atoms with Gasteiger partial charge in [0.2, 0.25) is 0 Å². The second-order valence-electron chi connectivity index (χ2n) is 7.98. The lowest BCUT2D eigenvalue weighted by Crippen LogP contribution is -2.32. The minimum Gasteiger partial charge on any atom is -0.444 e. The summed E-state index contributed by atoms with van der Waals surface area (Å²) in [5.74, 6) is 0. The van der Waals surface area contributed by atoms with Gasteiger partial charge >= 0.3 is 6.09 Å². The summed E-state index contributed by atoms with van der Waals surface area (Å²) in [5, 5.41) is 2.74. The number of amides is 1. The molecule has 1 atom stereocenters. The molecule has 0 spiro atoms. The van der Waals surface area contributed by atoms with Crippen LogP contribution in [-0.2, 0) is 11.3 Å². The van der Waals surface area contributed by atoms with Crippen molar-refractivity contribution in [1.29, 1.82) is 0 Å². The van der Waals surface area contributed by atoms with E-state index in [1.165, 1.54) is 5.56 Å². The molecule has 0 radical (unpaired) electrons. The molecule has 1 N–H and O–H groups in total. The summed E-state index contributed by atoms with van der Waals surface area (Å²) in [6, 6.07) is 10.1. The molecule has 1 unspecified atom stereocenters. The molecule has 2 aromatic heterocycles. The summed E-state index contributed by atoms with van der Waals surface area (Å²) < 4.78 is 5.24. The van der Waals surface area contributed by atoms with Gasteiger partial charge in [-0.1, -0.05) is 24.3 Å². The van der Waals surface area contributed by atoms with E-state index < -0.39 is 11.7 Å². The highest BCUT2D eigenvalue weighted by Gasteiger charge is 2.18. The van der Waals surface area contributed by atoms with E-state index in [-0.39, 0.29) is 6.04 Å². The molecule has 0 saturated carbocycles. The number of carbonyl (C=O) groups excluding carboxylic acids is 1. The van der Waals surface area contributed by atoms with Crippen LogP contribution < -0.4 is 5.32 Å². The summed E-state index contributed by atoms with van der Waals surface area (Å²) in [6.07, 6.45) is 7.22.